The van der Waals surface area contributed by atoms with Crippen LogP contribution in [0.4, 0.5) is 5.69 Å². The lowest BCUT2D eigenvalue weighted by molar-refractivity contribution is 0.765. The lowest BCUT2D eigenvalue weighted by atomic mass is 10.0. The van der Waals surface area contributed by atoms with E-state index in [2.05, 4.69) is 54.3 Å². The Balaban J connectivity index is 1.89. The van der Waals surface area contributed by atoms with Gasteiger partial charge in [-0.05, 0) is 54.2 Å². The summed E-state index contributed by atoms with van der Waals surface area (Å²) in [6.45, 7) is 4.27. The van der Waals surface area contributed by atoms with Gasteiger partial charge in [-0.1, -0.05) is 30.3 Å². The molecule has 0 unspecified atom stereocenters. The number of hydrogen-bond donors (Lipinski definition) is 0. The first-order valence-electron chi connectivity index (χ1n) is 7.25. The molecular formula is C18H20ClN. The van der Waals surface area contributed by atoms with Crippen molar-refractivity contribution in [3.8, 4) is 0 Å². The van der Waals surface area contributed by atoms with Crippen molar-refractivity contribution in [2.24, 2.45) is 0 Å². The van der Waals surface area contributed by atoms with Crippen LogP contribution in [0, 0.1) is 6.92 Å². The molecule has 0 fully saturated rings. The second-order valence-corrected chi connectivity index (χ2v) is 5.81. The van der Waals surface area contributed by atoms with Crippen molar-refractivity contribution >= 4 is 17.3 Å². The van der Waals surface area contributed by atoms with Crippen molar-refractivity contribution in [1.29, 1.82) is 0 Å². The molecule has 20 heavy (non-hydrogen) atoms. The molecule has 2 aromatic rings. The molecule has 0 radical (unpaired) electrons. The third-order valence-corrected chi connectivity index (χ3v) is 4.48. The highest BCUT2D eigenvalue weighted by atomic mass is 35.5. The Morgan fingerprint density at radius 1 is 1.10 bits per heavy atom. The van der Waals surface area contributed by atoms with E-state index in [0.29, 0.717) is 5.88 Å². The van der Waals surface area contributed by atoms with Crippen molar-refractivity contribution < 1.29 is 0 Å². The molecule has 0 amide bonds. The monoisotopic (exact) mass is 285 g/mol. The molecule has 0 bridgehead atoms. The number of nitrogens with zero attached hydrogens (tertiary/aromatic N) is 1. The Kier molecular flexibility index (Phi) is 3.98. The molecule has 104 valence electrons. The molecule has 1 nitrogen and oxygen atoms in total. The van der Waals surface area contributed by atoms with Gasteiger partial charge in [0.2, 0.25) is 0 Å². The zero-order valence-corrected chi connectivity index (χ0v) is 12.7. The zero-order chi connectivity index (χ0) is 13.9. The van der Waals surface area contributed by atoms with Gasteiger partial charge in [-0.3, -0.25) is 0 Å². The van der Waals surface area contributed by atoms with Crippen molar-refractivity contribution in [3.63, 3.8) is 0 Å². The van der Waals surface area contributed by atoms with E-state index in [9.17, 15) is 0 Å². The summed E-state index contributed by atoms with van der Waals surface area (Å²) >= 11 is 5.95. The van der Waals surface area contributed by atoms with Gasteiger partial charge in [0.25, 0.3) is 0 Å². The number of aryl methyl sites for hydroxylation is 2. The summed E-state index contributed by atoms with van der Waals surface area (Å²) in [5.41, 5.74) is 6.79. The fourth-order valence-electron chi connectivity index (χ4n) is 2.95. The van der Waals surface area contributed by atoms with Crippen LogP contribution in [0.2, 0.25) is 0 Å². The van der Waals surface area contributed by atoms with Crippen molar-refractivity contribution in [2.75, 3.05) is 11.4 Å². The first kappa shape index (κ1) is 13.5. The smallest absolute Gasteiger partial charge is 0.0476 e. The highest BCUT2D eigenvalue weighted by Gasteiger charge is 2.14. The number of alkyl halides is 1. The second-order valence-electron chi connectivity index (χ2n) is 5.54. The predicted molar refractivity (Wildman–Crippen MR) is 86.5 cm³/mol. The van der Waals surface area contributed by atoms with Crippen LogP contribution in [0.15, 0.2) is 42.5 Å². The van der Waals surface area contributed by atoms with Crippen LogP contribution >= 0.6 is 11.6 Å². The van der Waals surface area contributed by atoms with Crippen LogP contribution < -0.4 is 4.90 Å². The minimum absolute atomic E-state index is 0.592. The Hall–Kier alpha value is -1.47. The summed E-state index contributed by atoms with van der Waals surface area (Å²) in [5, 5.41) is 0. The van der Waals surface area contributed by atoms with Crippen molar-refractivity contribution in [1.82, 2.24) is 0 Å². The molecule has 0 spiro atoms. The van der Waals surface area contributed by atoms with E-state index in [4.69, 9.17) is 11.6 Å². The topological polar surface area (TPSA) is 3.24 Å². The minimum Gasteiger partial charge on any atom is -0.367 e. The van der Waals surface area contributed by atoms with Gasteiger partial charge in [-0.15, -0.1) is 11.6 Å². The highest BCUT2D eigenvalue weighted by Crippen LogP contribution is 2.26. The predicted octanol–water partition coefficient (Wildman–Crippen LogP) is 4.69. The molecule has 0 aromatic heterocycles. The van der Waals surface area contributed by atoms with Crippen LogP contribution in [0.25, 0.3) is 0 Å². The van der Waals surface area contributed by atoms with E-state index in [1.54, 1.807) is 0 Å². The Labute approximate surface area is 126 Å². The van der Waals surface area contributed by atoms with Crippen LogP contribution in [-0.2, 0) is 18.8 Å². The van der Waals surface area contributed by atoms with Gasteiger partial charge in [0, 0.05) is 24.7 Å². The molecule has 0 aliphatic carbocycles. The van der Waals surface area contributed by atoms with Gasteiger partial charge in [-0.2, -0.15) is 0 Å². The van der Waals surface area contributed by atoms with Gasteiger partial charge in [0.1, 0.15) is 0 Å². The van der Waals surface area contributed by atoms with Gasteiger partial charge in [-0.25, -0.2) is 0 Å². The van der Waals surface area contributed by atoms with E-state index in [1.165, 1.54) is 40.8 Å². The average molecular weight is 286 g/mol. The third kappa shape index (κ3) is 2.69. The second kappa shape index (κ2) is 5.88. The lowest BCUT2D eigenvalue weighted by Gasteiger charge is -2.24. The molecule has 3 rings (SSSR count). The number of hydrogen-bond acceptors (Lipinski definition) is 1. The van der Waals surface area contributed by atoms with E-state index < -0.39 is 0 Å². The van der Waals surface area contributed by atoms with Crippen LogP contribution in [0.1, 0.15) is 28.7 Å². The molecule has 1 aliphatic heterocycles. The highest BCUT2D eigenvalue weighted by molar-refractivity contribution is 6.17. The molecule has 1 aliphatic rings. The third-order valence-electron chi connectivity index (χ3n) is 4.19. The summed E-state index contributed by atoms with van der Waals surface area (Å²) in [4.78, 5) is 2.48. The number of halogens is 1. The first-order chi connectivity index (χ1) is 9.78. The Morgan fingerprint density at radius 2 is 1.90 bits per heavy atom. The summed E-state index contributed by atoms with van der Waals surface area (Å²) in [7, 11) is 0. The summed E-state index contributed by atoms with van der Waals surface area (Å²) in [6.07, 6.45) is 2.40. The fourth-order valence-corrected chi connectivity index (χ4v) is 3.25. The molecular weight excluding hydrogens is 266 g/mol. The maximum absolute atomic E-state index is 5.95. The average Bonchev–Trinajstić information content (AvgIpc) is 2.69. The van der Waals surface area contributed by atoms with Crippen molar-refractivity contribution in [3.05, 3.63) is 64.7 Å². The van der Waals surface area contributed by atoms with Gasteiger partial charge >= 0.3 is 0 Å². The van der Waals surface area contributed by atoms with Crippen molar-refractivity contribution in [2.45, 2.75) is 32.2 Å². The normalized spacial score (nSPS) is 14.8. The number of fused-ring (bicyclic) bond motifs is 1. The van der Waals surface area contributed by atoms with Gasteiger partial charge in [0.05, 0.1) is 0 Å². The SMILES string of the molecule is Cc1cc(N2CCCc3ccccc3C2)ccc1CCl. The molecule has 1 heterocycles. The largest absolute Gasteiger partial charge is 0.367 e. The Morgan fingerprint density at radius 3 is 2.65 bits per heavy atom. The number of anilines is 1. The Bertz CT molecular complexity index is 606. The minimum atomic E-state index is 0.592. The molecule has 0 atom stereocenters. The molecule has 0 saturated carbocycles. The number of rotatable bonds is 2. The number of benzene rings is 2. The maximum atomic E-state index is 5.95. The zero-order valence-electron chi connectivity index (χ0n) is 11.9. The standard InChI is InChI=1S/C18H20ClN/c1-14-11-18(9-8-16(14)12-19)20-10-4-7-15-5-2-3-6-17(15)13-20/h2-3,5-6,8-9,11H,4,7,10,12-13H2,1H3. The van der Waals surface area contributed by atoms with E-state index in [-0.39, 0.29) is 0 Å². The summed E-state index contributed by atoms with van der Waals surface area (Å²) < 4.78 is 0. The van der Waals surface area contributed by atoms with Crippen LogP contribution in [0.5, 0.6) is 0 Å². The fraction of sp³-hybridized carbons (Fsp3) is 0.333. The summed E-state index contributed by atoms with van der Waals surface area (Å²) in [5.74, 6) is 0.592. The van der Waals surface area contributed by atoms with Crippen LogP contribution in [-0.4, -0.2) is 6.54 Å². The lowest BCUT2D eigenvalue weighted by Crippen LogP contribution is -2.22. The molecule has 2 aromatic carbocycles. The van der Waals surface area contributed by atoms with E-state index in [1.807, 2.05) is 0 Å². The van der Waals surface area contributed by atoms with Crippen LogP contribution in [0.3, 0.4) is 0 Å². The van der Waals surface area contributed by atoms with E-state index >= 15 is 0 Å². The van der Waals surface area contributed by atoms with Gasteiger partial charge in [0.15, 0.2) is 0 Å². The van der Waals surface area contributed by atoms with Gasteiger partial charge < -0.3 is 4.90 Å². The summed E-state index contributed by atoms with van der Waals surface area (Å²) in [6, 6.07) is 15.4. The van der Waals surface area contributed by atoms with E-state index in [0.717, 1.165) is 13.1 Å². The molecule has 0 saturated heterocycles. The quantitative estimate of drug-likeness (QED) is 0.724. The molecule has 0 N–H and O–H groups in total. The first-order valence-corrected chi connectivity index (χ1v) is 7.78. The molecule has 2 heteroatoms. The maximum Gasteiger partial charge on any atom is 0.0476 e.